The van der Waals surface area contributed by atoms with E-state index < -0.39 is 0 Å². The Balaban J connectivity index is 1.48. The number of nitrogens with zero attached hydrogens (tertiary/aromatic N) is 1. The SMILES string of the molecule is Cc1cccc(Cl)c1OCc1ccc(/C=C2/NC(=S)N(c3ccccc3)C2=O)o1. The Morgan fingerprint density at radius 1 is 1.14 bits per heavy atom. The third kappa shape index (κ3) is 4.04. The quantitative estimate of drug-likeness (QED) is 0.457. The van der Waals surface area contributed by atoms with Crippen LogP contribution in [0.3, 0.4) is 0 Å². The lowest BCUT2D eigenvalue weighted by molar-refractivity contribution is -0.113. The molecule has 1 aliphatic rings. The third-order valence-corrected chi connectivity index (χ3v) is 4.97. The molecule has 0 radical (unpaired) electrons. The summed E-state index contributed by atoms with van der Waals surface area (Å²) in [5.74, 6) is 1.53. The van der Waals surface area contributed by atoms with Crippen LogP contribution in [0, 0.1) is 6.92 Å². The van der Waals surface area contributed by atoms with Crippen molar-refractivity contribution < 1.29 is 13.9 Å². The van der Waals surface area contributed by atoms with Gasteiger partial charge in [-0.2, -0.15) is 0 Å². The molecule has 2 aromatic carbocycles. The van der Waals surface area contributed by atoms with E-state index in [4.69, 9.17) is 33.0 Å². The van der Waals surface area contributed by atoms with E-state index in [9.17, 15) is 4.79 Å². The van der Waals surface area contributed by atoms with E-state index in [1.54, 1.807) is 24.3 Å². The average molecular weight is 425 g/mol. The van der Waals surface area contributed by atoms with Crippen LogP contribution in [-0.2, 0) is 11.4 Å². The monoisotopic (exact) mass is 424 g/mol. The molecule has 0 atom stereocenters. The van der Waals surface area contributed by atoms with Crippen LogP contribution in [-0.4, -0.2) is 11.0 Å². The van der Waals surface area contributed by atoms with Gasteiger partial charge in [-0.3, -0.25) is 9.69 Å². The minimum absolute atomic E-state index is 0.226. The number of anilines is 1. The maximum absolute atomic E-state index is 12.7. The lowest BCUT2D eigenvalue weighted by Gasteiger charge is -2.13. The topological polar surface area (TPSA) is 54.7 Å². The molecule has 5 nitrogen and oxygen atoms in total. The highest BCUT2D eigenvalue weighted by atomic mass is 35.5. The van der Waals surface area contributed by atoms with E-state index in [2.05, 4.69) is 5.32 Å². The van der Waals surface area contributed by atoms with E-state index >= 15 is 0 Å². The molecule has 2 heterocycles. The van der Waals surface area contributed by atoms with Gasteiger partial charge in [0.2, 0.25) is 0 Å². The van der Waals surface area contributed by atoms with Crippen LogP contribution in [0.1, 0.15) is 17.1 Å². The normalized spacial score (nSPS) is 15.1. The number of benzene rings is 2. The molecular formula is C22H17ClN2O3S. The van der Waals surface area contributed by atoms with Crippen molar-refractivity contribution in [2.75, 3.05) is 4.90 Å². The molecule has 1 aromatic heterocycles. The average Bonchev–Trinajstić information content (AvgIpc) is 3.26. The van der Waals surface area contributed by atoms with Gasteiger partial charge >= 0.3 is 0 Å². The van der Waals surface area contributed by atoms with Crippen LogP contribution in [0.4, 0.5) is 5.69 Å². The van der Waals surface area contributed by atoms with Crippen molar-refractivity contribution in [1.82, 2.24) is 5.32 Å². The number of amides is 1. The maximum atomic E-state index is 12.7. The van der Waals surface area contributed by atoms with Gasteiger partial charge < -0.3 is 14.5 Å². The van der Waals surface area contributed by atoms with Gasteiger partial charge in [-0.1, -0.05) is 41.9 Å². The second-order valence-electron chi connectivity index (χ2n) is 6.44. The number of carbonyl (C=O) groups is 1. The molecule has 1 N–H and O–H groups in total. The Kier molecular flexibility index (Phi) is 5.38. The van der Waals surface area contributed by atoms with Crippen LogP contribution in [0.15, 0.2) is 70.8 Å². The van der Waals surface area contributed by atoms with E-state index in [0.717, 1.165) is 5.56 Å². The molecular weight excluding hydrogens is 408 g/mol. The summed E-state index contributed by atoms with van der Waals surface area (Å²) >= 11 is 11.5. The zero-order chi connectivity index (χ0) is 20.4. The van der Waals surface area contributed by atoms with E-state index in [1.165, 1.54) is 4.90 Å². The van der Waals surface area contributed by atoms with Crippen LogP contribution in [0.25, 0.3) is 6.08 Å². The van der Waals surface area contributed by atoms with Gasteiger partial charge in [-0.25, -0.2) is 0 Å². The van der Waals surface area contributed by atoms with Crippen LogP contribution in [0.2, 0.25) is 5.02 Å². The van der Waals surface area contributed by atoms with E-state index in [0.29, 0.717) is 38.8 Å². The van der Waals surface area contributed by atoms with Gasteiger partial charge in [0.1, 0.15) is 29.6 Å². The van der Waals surface area contributed by atoms with Crippen molar-refractivity contribution in [2.24, 2.45) is 0 Å². The minimum Gasteiger partial charge on any atom is -0.484 e. The molecule has 3 aromatic rings. The number of para-hydroxylation sites is 2. The van der Waals surface area contributed by atoms with Gasteiger partial charge in [0.15, 0.2) is 5.11 Å². The molecule has 1 fully saturated rings. The lowest BCUT2D eigenvalue weighted by atomic mass is 10.2. The summed E-state index contributed by atoms with van der Waals surface area (Å²) in [7, 11) is 0. The van der Waals surface area contributed by atoms with Gasteiger partial charge in [-0.05, 0) is 55.0 Å². The highest BCUT2D eigenvalue weighted by Gasteiger charge is 2.32. The molecule has 1 aliphatic heterocycles. The molecule has 0 unspecified atom stereocenters. The van der Waals surface area contributed by atoms with Crippen molar-refractivity contribution in [2.45, 2.75) is 13.5 Å². The number of carbonyl (C=O) groups excluding carboxylic acids is 1. The van der Waals surface area contributed by atoms with Crippen LogP contribution < -0.4 is 15.0 Å². The smallest absolute Gasteiger partial charge is 0.281 e. The fourth-order valence-electron chi connectivity index (χ4n) is 2.98. The zero-order valence-electron chi connectivity index (χ0n) is 15.5. The maximum Gasteiger partial charge on any atom is 0.281 e. The number of furan rings is 1. The number of ether oxygens (including phenoxy) is 1. The summed E-state index contributed by atoms with van der Waals surface area (Å²) in [5.41, 5.74) is 2.01. The largest absolute Gasteiger partial charge is 0.484 e. The van der Waals surface area contributed by atoms with Gasteiger partial charge in [0.25, 0.3) is 5.91 Å². The summed E-state index contributed by atoms with van der Waals surface area (Å²) < 4.78 is 11.6. The lowest BCUT2D eigenvalue weighted by Crippen LogP contribution is -2.30. The minimum atomic E-state index is -0.234. The first-order chi connectivity index (χ1) is 14.0. The van der Waals surface area contributed by atoms with Crippen LogP contribution in [0.5, 0.6) is 5.75 Å². The molecule has 1 amide bonds. The first-order valence-electron chi connectivity index (χ1n) is 8.92. The number of nitrogens with one attached hydrogen (secondary N) is 1. The predicted molar refractivity (Wildman–Crippen MR) is 117 cm³/mol. The molecule has 7 heteroatoms. The second kappa shape index (κ2) is 8.11. The number of aryl methyl sites for hydroxylation is 1. The number of thiocarbonyl (C=S) groups is 1. The Labute approximate surface area is 178 Å². The standard InChI is InChI=1S/C22H17ClN2O3S/c1-14-6-5-9-18(23)20(14)27-13-17-11-10-16(28-17)12-19-21(26)25(22(29)24-19)15-7-3-2-4-8-15/h2-12H,13H2,1H3,(H,24,29)/b19-12+. The van der Waals surface area contributed by atoms with Crippen molar-refractivity contribution in [1.29, 1.82) is 0 Å². The van der Waals surface area contributed by atoms with Crippen LogP contribution >= 0.6 is 23.8 Å². The van der Waals surface area contributed by atoms with Crippen molar-refractivity contribution in [3.05, 3.63) is 88.5 Å². The molecule has 0 spiro atoms. The molecule has 0 saturated carbocycles. The highest BCUT2D eigenvalue weighted by Crippen LogP contribution is 2.29. The summed E-state index contributed by atoms with van der Waals surface area (Å²) in [5, 5.41) is 3.82. The molecule has 1 saturated heterocycles. The van der Waals surface area contributed by atoms with Crippen molar-refractivity contribution in [3.63, 3.8) is 0 Å². The summed E-state index contributed by atoms with van der Waals surface area (Å²) in [6.45, 7) is 2.15. The number of hydrogen-bond acceptors (Lipinski definition) is 4. The third-order valence-electron chi connectivity index (χ3n) is 4.38. The summed E-state index contributed by atoms with van der Waals surface area (Å²) in [6, 6.07) is 18.4. The van der Waals surface area contributed by atoms with Crippen molar-refractivity contribution in [3.8, 4) is 5.75 Å². The Hall–Kier alpha value is -3.09. The fourth-order valence-corrected chi connectivity index (χ4v) is 3.56. The Morgan fingerprint density at radius 2 is 1.93 bits per heavy atom. The van der Waals surface area contributed by atoms with E-state index in [1.807, 2.05) is 49.4 Å². The summed E-state index contributed by atoms with van der Waals surface area (Å²) in [4.78, 5) is 14.2. The predicted octanol–water partition coefficient (Wildman–Crippen LogP) is 5.08. The summed E-state index contributed by atoms with van der Waals surface area (Å²) in [6.07, 6.45) is 1.63. The number of hydrogen-bond donors (Lipinski definition) is 1. The molecule has 0 aliphatic carbocycles. The first-order valence-corrected chi connectivity index (χ1v) is 9.70. The second-order valence-corrected chi connectivity index (χ2v) is 7.24. The van der Waals surface area contributed by atoms with Crippen molar-refractivity contribution >= 4 is 46.6 Å². The van der Waals surface area contributed by atoms with Gasteiger partial charge in [0.05, 0.1) is 10.7 Å². The molecule has 146 valence electrons. The first kappa shape index (κ1) is 19.2. The Morgan fingerprint density at radius 3 is 2.69 bits per heavy atom. The van der Waals surface area contributed by atoms with Gasteiger partial charge in [-0.15, -0.1) is 0 Å². The number of halogens is 1. The molecule has 4 rings (SSSR count). The molecule has 0 bridgehead atoms. The fraction of sp³-hybridized carbons (Fsp3) is 0.0909. The Bertz CT molecular complexity index is 1090. The highest BCUT2D eigenvalue weighted by molar-refractivity contribution is 7.80. The zero-order valence-corrected chi connectivity index (χ0v) is 17.1. The molecule has 29 heavy (non-hydrogen) atoms. The number of rotatable bonds is 5. The van der Waals surface area contributed by atoms with E-state index in [-0.39, 0.29) is 12.5 Å². The van der Waals surface area contributed by atoms with Gasteiger partial charge in [0, 0.05) is 6.08 Å².